The molecule has 1 atom stereocenters. The largest absolute Gasteiger partial charge is 0.497 e. The van der Waals surface area contributed by atoms with Crippen molar-refractivity contribution in [3.8, 4) is 11.5 Å². The maximum atomic E-state index is 12.5. The van der Waals surface area contributed by atoms with Crippen LogP contribution in [0.1, 0.15) is 24.4 Å². The van der Waals surface area contributed by atoms with Crippen molar-refractivity contribution in [2.24, 2.45) is 0 Å². The van der Waals surface area contributed by atoms with Crippen molar-refractivity contribution in [2.75, 3.05) is 18.2 Å². The lowest BCUT2D eigenvalue weighted by Crippen LogP contribution is -2.16. The van der Waals surface area contributed by atoms with E-state index in [1.54, 1.807) is 50.4 Å². The van der Waals surface area contributed by atoms with Gasteiger partial charge in [0, 0.05) is 18.7 Å². The number of hydrogen-bond acceptors (Lipinski definition) is 8. The average molecular weight is 484 g/mol. The topological polar surface area (TPSA) is 121 Å². The predicted octanol–water partition coefficient (Wildman–Crippen LogP) is 4.56. The zero-order valence-electron chi connectivity index (χ0n) is 19.1. The Labute approximate surface area is 201 Å². The SMILES string of the molecule is C=CCn1c(SCC(=O)Nc2cc([N+](=O)[O-])ccc2C)nnc1C(C)Oc1ccc(OC)cc1. The zero-order chi connectivity index (χ0) is 24.7. The molecule has 34 heavy (non-hydrogen) atoms. The summed E-state index contributed by atoms with van der Waals surface area (Å²) in [5.41, 5.74) is 1.04. The van der Waals surface area contributed by atoms with Gasteiger partial charge in [0.25, 0.3) is 5.69 Å². The lowest BCUT2D eigenvalue weighted by Gasteiger charge is -2.16. The van der Waals surface area contributed by atoms with E-state index in [-0.39, 0.29) is 17.3 Å². The van der Waals surface area contributed by atoms with E-state index in [4.69, 9.17) is 9.47 Å². The molecule has 0 spiro atoms. The average Bonchev–Trinajstić information content (AvgIpc) is 3.22. The van der Waals surface area contributed by atoms with Crippen LogP contribution in [-0.4, -0.2) is 38.5 Å². The third kappa shape index (κ3) is 6.13. The van der Waals surface area contributed by atoms with Crippen molar-refractivity contribution >= 4 is 29.0 Å². The fourth-order valence-electron chi connectivity index (χ4n) is 3.09. The van der Waals surface area contributed by atoms with E-state index in [1.807, 2.05) is 11.5 Å². The maximum Gasteiger partial charge on any atom is 0.271 e. The second-order valence-electron chi connectivity index (χ2n) is 7.27. The number of carbonyl (C=O) groups is 1. The molecule has 11 heteroatoms. The minimum absolute atomic E-state index is 0.0468. The Morgan fingerprint density at radius 2 is 1.97 bits per heavy atom. The number of thioether (sulfide) groups is 1. The van der Waals surface area contributed by atoms with Gasteiger partial charge in [-0.2, -0.15) is 0 Å². The highest BCUT2D eigenvalue weighted by Crippen LogP contribution is 2.27. The molecule has 3 rings (SSSR count). The Morgan fingerprint density at radius 3 is 2.62 bits per heavy atom. The second kappa shape index (κ2) is 11.3. The summed E-state index contributed by atoms with van der Waals surface area (Å²) in [5.74, 6) is 1.71. The highest BCUT2D eigenvalue weighted by molar-refractivity contribution is 7.99. The van der Waals surface area contributed by atoms with Crippen LogP contribution in [0.15, 0.2) is 60.3 Å². The lowest BCUT2D eigenvalue weighted by molar-refractivity contribution is -0.384. The smallest absolute Gasteiger partial charge is 0.271 e. The van der Waals surface area contributed by atoms with Gasteiger partial charge in [-0.25, -0.2) is 0 Å². The second-order valence-corrected chi connectivity index (χ2v) is 8.21. The quantitative estimate of drug-likeness (QED) is 0.182. The van der Waals surface area contributed by atoms with Crippen LogP contribution in [0.2, 0.25) is 0 Å². The number of anilines is 1. The highest BCUT2D eigenvalue weighted by Gasteiger charge is 2.20. The summed E-state index contributed by atoms with van der Waals surface area (Å²) in [7, 11) is 1.60. The predicted molar refractivity (Wildman–Crippen MR) is 129 cm³/mol. The number of non-ortho nitro benzene ring substituents is 1. The first kappa shape index (κ1) is 24.8. The number of aryl methyl sites for hydroxylation is 1. The van der Waals surface area contributed by atoms with Crippen LogP contribution in [0.5, 0.6) is 11.5 Å². The Kier molecular flexibility index (Phi) is 8.25. The molecule has 0 bridgehead atoms. The Balaban J connectivity index is 1.68. The van der Waals surface area contributed by atoms with E-state index in [2.05, 4.69) is 22.1 Å². The van der Waals surface area contributed by atoms with Crippen molar-refractivity contribution in [3.63, 3.8) is 0 Å². The fraction of sp³-hybridized carbons (Fsp3) is 0.261. The number of hydrogen-bond donors (Lipinski definition) is 1. The summed E-state index contributed by atoms with van der Waals surface area (Å²) in [6, 6.07) is 11.6. The van der Waals surface area contributed by atoms with Gasteiger partial charge in [0.15, 0.2) is 17.1 Å². The number of benzene rings is 2. The van der Waals surface area contributed by atoms with E-state index in [9.17, 15) is 14.9 Å². The molecular weight excluding hydrogens is 458 g/mol. The lowest BCUT2D eigenvalue weighted by atomic mass is 10.2. The zero-order valence-corrected chi connectivity index (χ0v) is 19.9. The molecule has 0 saturated heterocycles. The van der Waals surface area contributed by atoms with Crippen LogP contribution in [-0.2, 0) is 11.3 Å². The van der Waals surface area contributed by atoms with E-state index in [0.29, 0.717) is 29.0 Å². The normalized spacial score (nSPS) is 11.5. The van der Waals surface area contributed by atoms with Gasteiger partial charge in [-0.05, 0) is 43.7 Å². The molecule has 0 radical (unpaired) electrons. The molecule has 0 saturated carbocycles. The number of amides is 1. The minimum atomic E-state index is -0.502. The Morgan fingerprint density at radius 1 is 1.26 bits per heavy atom. The Bertz CT molecular complexity index is 1180. The van der Waals surface area contributed by atoms with Gasteiger partial charge in [-0.3, -0.25) is 19.5 Å². The number of ether oxygens (including phenoxy) is 2. The van der Waals surface area contributed by atoms with Crippen LogP contribution < -0.4 is 14.8 Å². The van der Waals surface area contributed by atoms with Crippen LogP contribution in [0, 0.1) is 17.0 Å². The minimum Gasteiger partial charge on any atom is -0.497 e. The number of aromatic nitrogens is 3. The molecule has 1 heterocycles. The first-order valence-electron chi connectivity index (χ1n) is 10.3. The van der Waals surface area contributed by atoms with Crippen molar-refractivity contribution < 1.29 is 19.2 Å². The van der Waals surface area contributed by atoms with Crippen LogP contribution >= 0.6 is 11.8 Å². The molecule has 0 aliphatic rings. The molecule has 10 nitrogen and oxygen atoms in total. The first-order valence-corrected chi connectivity index (χ1v) is 11.3. The molecule has 0 aliphatic heterocycles. The van der Waals surface area contributed by atoms with Crippen molar-refractivity contribution in [2.45, 2.75) is 31.7 Å². The molecular formula is C23H25N5O5S. The van der Waals surface area contributed by atoms with Gasteiger partial charge in [0.1, 0.15) is 11.5 Å². The number of rotatable bonds is 11. The molecule has 178 valence electrons. The van der Waals surface area contributed by atoms with Crippen molar-refractivity contribution in [1.29, 1.82) is 0 Å². The standard InChI is InChI=1S/C23H25N5O5S/c1-5-12-27-22(16(3)33-19-10-8-18(32-4)9-11-19)25-26-23(27)34-14-21(29)24-20-13-17(28(30)31)7-6-15(20)2/h5-11,13,16H,1,12,14H2,2-4H3,(H,24,29). The summed E-state index contributed by atoms with van der Waals surface area (Å²) < 4.78 is 13.0. The van der Waals surface area contributed by atoms with Gasteiger partial charge < -0.3 is 14.8 Å². The van der Waals surface area contributed by atoms with E-state index >= 15 is 0 Å². The van der Waals surface area contributed by atoms with Crippen molar-refractivity contribution in [1.82, 2.24) is 14.8 Å². The summed E-state index contributed by atoms with van der Waals surface area (Å²) >= 11 is 1.20. The summed E-state index contributed by atoms with van der Waals surface area (Å²) in [4.78, 5) is 23.0. The van der Waals surface area contributed by atoms with Crippen LogP contribution in [0.4, 0.5) is 11.4 Å². The number of nitro groups is 1. The molecule has 1 N–H and O–H groups in total. The van der Waals surface area contributed by atoms with Gasteiger partial charge in [-0.1, -0.05) is 23.9 Å². The number of allylic oxidation sites excluding steroid dienone is 1. The van der Waals surface area contributed by atoms with Gasteiger partial charge in [0.05, 0.1) is 23.5 Å². The summed E-state index contributed by atoms with van der Waals surface area (Å²) in [6.45, 7) is 7.85. The molecule has 1 aromatic heterocycles. The fourth-order valence-corrected chi connectivity index (χ4v) is 3.85. The molecule has 3 aromatic rings. The van der Waals surface area contributed by atoms with Gasteiger partial charge in [0.2, 0.25) is 5.91 Å². The number of carbonyl (C=O) groups excluding carboxylic acids is 1. The summed E-state index contributed by atoms with van der Waals surface area (Å²) in [6.07, 6.45) is 1.31. The van der Waals surface area contributed by atoms with E-state index in [1.165, 1.54) is 23.9 Å². The number of nitrogens with zero attached hydrogens (tertiary/aromatic N) is 4. The van der Waals surface area contributed by atoms with Gasteiger partial charge >= 0.3 is 0 Å². The van der Waals surface area contributed by atoms with Gasteiger partial charge in [-0.15, -0.1) is 16.8 Å². The number of methoxy groups -OCH3 is 1. The number of nitrogens with one attached hydrogen (secondary N) is 1. The third-order valence-electron chi connectivity index (χ3n) is 4.83. The molecule has 1 amide bonds. The first-order chi connectivity index (χ1) is 16.3. The molecule has 1 unspecified atom stereocenters. The van der Waals surface area contributed by atoms with Crippen LogP contribution in [0.3, 0.4) is 0 Å². The van der Waals surface area contributed by atoms with E-state index in [0.717, 1.165) is 11.3 Å². The van der Waals surface area contributed by atoms with Crippen molar-refractivity contribution in [3.05, 3.63) is 76.6 Å². The molecule has 2 aromatic carbocycles. The van der Waals surface area contributed by atoms with Crippen LogP contribution in [0.25, 0.3) is 0 Å². The summed E-state index contributed by atoms with van der Waals surface area (Å²) in [5, 5.41) is 22.7. The molecule has 0 aliphatic carbocycles. The Hall–Kier alpha value is -3.86. The maximum absolute atomic E-state index is 12.5. The number of nitro benzene ring substituents is 1. The highest BCUT2D eigenvalue weighted by atomic mass is 32.2. The monoisotopic (exact) mass is 483 g/mol. The molecule has 0 fully saturated rings. The third-order valence-corrected chi connectivity index (χ3v) is 5.80. The van der Waals surface area contributed by atoms with E-state index < -0.39 is 11.0 Å².